The molecule has 1 aromatic carbocycles. The van der Waals surface area contributed by atoms with E-state index in [4.69, 9.17) is 11.1 Å². The minimum atomic E-state index is 0.0124. The third-order valence-electron chi connectivity index (χ3n) is 5.12. The summed E-state index contributed by atoms with van der Waals surface area (Å²) in [5, 5.41) is 10.3. The lowest BCUT2D eigenvalue weighted by atomic mass is 10.1. The van der Waals surface area contributed by atoms with E-state index in [2.05, 4.69) is 24.4 Å². The monoisotopic (exact) mass is 399 g/mol. The Morgan fingerprint density at radius 1 is 0.931 bits per heavy atom. The summed E-state index contributed by atoms with van der Waals surface area (Å²) in [6.45, 7) is 2.26. The van der Waals surface area contributed by atoms with E-state index in [0.717, 1.165) is 12.8 Å². The third-order valence-corrected chi connectivity index (χ3v) is 5.12. The number of allylic oxidation sites excluding steroid dienone is 2. The average Bonchev–Trinajstić information content (AvgIpc) is 2.71. The number of amides is 1. The molecule has 1 amide bonds. The molecule has 0 heterocycles. The van der Waals surface area contributed by atoms with Gasteiger partial charge in [0.2, 0.25) is 5.91 Å². The molecule has 0 saturated heterocycles. The maximum absolute atomic E-state index is 12.0. The normalized spacial score (nSPS) is 11.1. The van der Waals surface area contributed by atoms with Gasteiger partial charge in [-0.1, -0.05) is 82.6 Å². The zero-order chi connectivity index (χ0) is 21.2. The number of amidine groups is 1. The number of hydrogen-bond acceptors (Lipinski definition) is 2. The number of unbranched alkanes of at least 4 members (excludes halogenated alkanes) is 11. The second kappa shape index (κ2) is 16.8. The van der Waals surface area contributed by atoms with Gasteiger partial charge in [0.15, 0.2) is 0 Å². The Hall–Kier alpha value is -2.10. The fourth-order valence-corrected chi connectivity index (χ4v) is 3.34. The summed E-state index contributed by atoms with van der Waals surface area (Å²) in [5.74, 6) is 0.0432. The van der Waals surface area contributed by atoms with E-state index in [9.17, 15) is 4.79 Å². The van der Waals surface area contributed by atoms with Gasteiger partial charge in [-0.3, -0.25) is 10.2 Å². The maximum atomic E-state index is 12.0. The van der Waals surface area contributed by atoms with Crippen LogP contribution in [-0.2, 0) is 4.79 Å². The zero-order valence-electron chi connectivity index (χ0n) is 18.3. The van der Waals surface area contributed by atoms with Crippen LogP contribution in [0.15, 0.2) is 36.4 Å². The molecule has 29 heavy (non-hydrogen) atoms. The Morgan fingerprint density at radius 3 is 2.14 bits per heavy atom. The molecule has 4 heteroatoms. The molecule has 0 aliphatic rings. The van der Waals surface area contributed by atoms with Crippen LogP contribution >= 0.6 is 0 Å². The minimum Gasteiger partial charge on any atom is -0.384 e. The van der Waals surface area contributed by atoms with Gasteiger partial charge in [0.05, 0.1) is 0 Å². The lowest BCUT2D eigenvalue weighted by Crippen LogP contribution is -2.14. The van der Waals surface area contributed by atoms with Crippen LogP contribution in [0, 0.1) is 5.41 Å². The molecule has 0 unspecified atom stereocenters. The highest BCUT2D eigenvalue weighted by Gasteiger charge is 2.04. The fourth-order valence-electron chi connectivity index (χ4n) is 3.34. The molecule has 0 aliphatic heterocycles. The molecule has 0 aliphatic carbocycles. The number of benzene rings is 1. The topological polar surface area (TPSA) is 79.0 Å². The molecule has 1 rings (SSSR count). The highest BCUT2D eigenvalue weighted by Crippen LogP contribution is 2.13. The number of nitrogen functional groups attached to an aromatic ring is 1. The van der Waals surface area contributed by atoms with E-state index in [-0.39, 0.29) is 11.7 Å². The van der Waals surface area contributed by atoms with Crippen LogP contribution in [0.25, 0.3) is 0 Å². The van der Waals surface area contributed by atoms with E-state index in [1.54, 1.807) is 18.2 Å². The Balaban J connectivity index is 1.95. The second-order valence-corrected chi connectivity index (χ2v) is 7.88. The summed E-state index contributed by atoms with van der Waals surface area (Å²) >= 11 is 0. The number of hydrogen-bond donors (Lipinski definition) is 3. The SMILES string of the molecule is CCCCCCCC/C=C\CCCCCCCC(=O)Nc1cccc(C(=N)N)c1. The van der Waals surface area contributed by atoms with Gasteiger partial charge >= 0.3 is 0 Å². The predicted molar refractivity (Wildman–Crippen MR) is 126 cm³/mol. The number of nitrogens with two attached hydrogens (primary N) is 1. The number of carbonyl (C=O) groups is 1. The first kappa shape index (κ1) is 24.9. The Labute approximate surface area is 177 Å². The number of anilines is 1. The lowest BCUT2D eigenvalue weighted by Gasteiger charge is -2.07. The summed E-state index contributed by atoms with van der Waals surface area (Å²) in [4.78, 5) is 12.0. The van der Waals surface area contributed by atoms with Crippen molar-refractivity contribution < 1.29 is 4.79 Å². The second-order valence-electron chi connectivity index (χ2n) is 7.88. The summed E-state index contributed by atoms with van der Waals surface area (Å²) in [6, 6.07) is 7.13. The zero-order valence-corrected chi connectivity index (χ0v) is 18.3. The fraction of sp³-hybridized carbons (Fsp3) is 0.600. The van der Waals surface area contributed by atoms with Crippen LogP contribution in [0.5, 0.6) is 0 Å². The van der Waals surface area contributed by atoms with Crippen LogP contribution < -0.4 is 11.1 Å². The van der Waals surface area contributed by atoms with Crippen molar-refractivity contribution in [3.05, 3.63) is 42.0 Å². The lowest BCUT2D eigenvalue weighted by molar-refractivity contribution is -0.116. The maximum Gasteiger partial charge on any atom is 0.224 e. The largest absolute Gasteiger partial charge is 0.384 e. The van der Waals surface area contributed by atoms with Gasteiger partial charge in [-0.05, 0) is 44.2 Å². The molecular weight excluding hydrogens is 358 g/mol. The highest BCUT2D eigenvalue weighted by molar-refractivity contribution is 5.97. The first-order valence-electron chi connectivity index (χ1n) is 11.5. The van der Waals surface area contributed by atoms with E-state index < -0.39 is 0 Å². The molecule has 4 nitrogen and oxygen atoms in total. The molecular formula is C25H41N3O. The highest BCUT2D eigenvalue weighted by atomic mass is 16.1. The van der Waals surface area contributed by atoms with Crippen LogP contribution in [0.1, 0.15) is 102 Å². The Bertz CT molecular complexity index is 610. The van der Waals surface area contributed by atoms with E-state index in [0.29, 0.717) is 17.7 Å². The first-order chi connectivity index (χ1) is 14.1. The summed E-state index contributed by atoms with van der Waals surface area (Å²) in [6.07, 6.45) is 21.6. The molecule has 0 radical (unpaired) electrons. The van der Waals surface area contributed by atoms with Gasteiger partial charge in [0, 0.05) is 17.7 Å². The van der Waals surface area contributed by atoms with Gasteiger partial charge in [0.1, 0.15) is 5.84 Å². The van der Waals surface area contributed by atoms with Crippen LogP contribution in [0.4, 0.5) is 5.69 Å². The van der Waals surface area contributed by atoms with E-state index >= 15 is 0 Å². The molecule has 162 valence electrons. The van der Waals surface area contributed by atoms with Gasteiger partial charge in [-0.2, -0.15) is 0 Å². The Kier molecular flexibility index (Phi) is 14.5. The van der Waals surface area contributed by atoms with E-state index in [1.165, 1.54) is 70.6 Å². The molecule has 4 N–H and O–H groups in total. The molecule has 0 bridgehead atoms. The summed E-state index contributed by atoms with van der Waals surface area (Å²) in [5.41, 5.74) is 6.81. The predicted octanol–water partition coefficient (Wildman–Crippen LogP) is 6.95. The van der Waals surface area contributed by atoms with Crippen molar-refractivity contribution in [2.24, 2.45) is 5.73 Å². The third kappa shape index (κ3) is 13.7. The van der Waals surface area contributed by atoms with Crippen LogP contribution in [0.3, 0.4) is 0 Å². The van der Waals surface area contributed by atoms with Crippen molar-refractivity contribution in [2.45, 2.75) is 96.8 Å². The molecule has 0 atom stereocenters. The molecule has 0 saturated carbocycles. The number of carbonyl (C=O) groups excluding carboxylic acids is 1. The van der Waals surface area contributed by atoms with Crippen molar-refractivity contribution in [1.29, 1.82) is 5.41 Å². The van der Waals surface area contributed by atoms with Crippen molar-refractivity contribution >= 4 is 17.4 Å². The van der Waals surface area contributed by atoms with Crippen molar-refractivity contribution in [3.63, 3.8) is 0 Å². The molecule has 0 spiro atoms. The summed E-state index contributed by atoms with van der Waals surface area (Å²) in [7, 11) is 0. The molecule has 0 fully saturated rings. The van der Waals surface area contributed by atoms with Gasteiger partial charge in [0.25, 0.3) is 0 Å². The van der Waals surface area contributed by atoms with Gasteiger partial charge < -0.3 is 11.1 Å². The average molecular weight is 400 g/mol. The minimum absolute atomic E-state index is 0.0124. The van der Waals surface area contributed by atoms with E-state index in [1.807, 2.05) is 6.07 Å². The first-order valence-corrected chi connectivity index (χ1v) is 11.5. The standard InChI is InChI=1S/C25H41N3O/c1-2-3-4-5-6-7-8-9-10-11-12-13-14-15-16-20-24(29)28-23-19-17-18-22(21-23)25(26)27/h9-10,17-19,21H,2-8,11-16,20H2,1H3,(H3,26,27)(H,28,29)/b10-9-. The van der Waals surface area contributed by atoms with Crippen molar-refractivity contribution in [1.82, 2.24) is 0 Å². The molecule has 0 aromatic heterocycles. The van der Waals surface area contributed by atoms with Crippen molar-refractivity contribution in [2.75, 3.05) is 5.32 Å². The smallest absolute Gasteiger partial charge is 0.224 e. The quantitative estimate of drug-likeness (QED) is 0.115. The van der Waals surface area contributed by atoms with Gasteiger partial charge in [-0.25, -0.2) is 0 Å². The Morgan fingerprint density at radius 2 is 1.52 bits per heavy atom. The van der Waals surface area contributed by atoms with Crippen LogP contribution in [-0.4, -0.2) is 11.7 Å². The van der Waals surface area contributed by atoms with Crippen molar-refractivity contribution in [3.8, 4) is 0 Å². The number of rotatable bonds is 17. The molecule has 1 aromatic rings. The summed E-state index contributed by atoms with van der Waals surface area (Å²) < 4.78 is 0. The number of nitrogens with one attached hydrogen (secondary N) is 2. The van der Waals surface area contributed by atoms with Crippen LogP contribution in [0.2, 0.25) is 0 Å². The van der Waals surface area contributed by atoms with Gasteiger partial charge in [-0.15, -0.1) is 0 Å².